The van der Waals surface area contributed by atoms with Crippen molar-refractivity contribution in [2.24, 2.45) is 0 Å². The van der Waals surface area contributed by atoms with Gasteiger partial charge in [-0.1, -0.05) is 29.8 Å². The molecule has 0 aliphatic heterocycles. The van der Waals surface area contributed by atoms with Gasteiger partial charge in [-0.2, -0.15) is 4.31 Å². The van der Waals surface area contributed by atoms with Crippen LogP contribution in [-0.2, 0) is 21.4 Å². The second kappa shape index (κ2) is 6.58. The minimum atomic E-state index is -3.45. The molecule has 0 aromatic heterocycles. The highest BCUT2D eigenvalue weighted by Crippen LogP contribution is 2.10. The van der Waals surface area contributed by atoms with E-state index in [4.69, 9.17) is 0 Å². The van der Waals surface area contributed by atoms with E-state index in [1.165, 1.54) is 4.31 Å². The summed E-state index contributed by atoms with van der Waals surface area (Å²) < 4.78 is 24.9. The number of sulfonamides is 1. The number of amides is 1. The van der Waals surface area contributed by atoms with Crippen molar-refractivity contribution in [1.29, 1.82) is 0 Å². The molecule has 0 unspecified atom stereocenters. The Kier molecular flexibility index (Phi) is 5.53. The van der Waals surface area contributed by atoms with Gasteiger partial charge in [0.15, 0.2) is 0 Å². The summed E-state index contributed by atoms with van der Waals surface area (Å²) in [6.45, 7) is 7.53. The highest BCUT2D eigenvalue weighted by molar-refractivity contribution is 7.88. The average Bonchev–Trinajstić information content (AvgIpc) is 2.24. The zero-order chi connectivity index (χ0) is 16.3. The molecule has 0 saturated carbocycles. The number of carbonyl (C=O) groups is 1. The standard InChI is InChI=1S/C15H24N2O3S/c1-12-7-6-8-13(9-12)10-17(21(5,19)20)11-14(18)16-15(2,3)4/h6-9H,10-11H2,1-5H3,(H,16,18). The Bertz CT molecular complexity index is 604. The predicted octanol–water partition coefficient (Wildman–Crippen LogP) is 1.67. The first-order chi connectivity index (χ1) is 9.47. The van der Waals surface area contributed by atoms with Gasteiger partial charge in [0.1, 0.15) is 0 Å². The lowest BCUT2D eigenvalue weighted by Gasteiger charge is -2.24. The number of hydrogen-bond acceptors (Lipinski definition) is 3. The Labute approximate surface area is 127 Å². The summed E-state index contributed by atoms with van der Waals surface area (Å²) in [5.74, 6) is -0.305. The maximum absolute atomic E-state index is 12.0. The van der Waals surface area contributed by atoms with Crippen molar-refractivity contribution >= 4 is 15.9 Å². The molecule has 21 heavy (non-hydrogen) atoms. The van der Waals surface area contributed by atoms with E-state index in [-0.39, 0.29) is 24.5 Å². The molecule has 1 rings (SSSR count). The summed E-state index contributed by atoms with van der Waals surface area (Å²) in [4.78, 5) is 12.0. The van der Waals surface area contributed by atoms with Gasteiger partial charge in [-0.15, -0.1) is 0 Å². The fourth-order valence-electron chi connectivity index (χ4n) is 1.92. The van der Waals surface area contributed by atoms with Crippen molar-refractivity contribution < 1.29 is 13.2 Å². The molecule has 1 aromatic rings. The molecule has 0 aliphatic rings. The number of hydrogen-bond donors (Lipinski definition) is 1. The first-order valence-electron chi connectivity index (χ1n) is 6.79. The second-order valence-corrected chi connectivity index (χ2v) is 8.30. The third-order valence-corrected chi connectivity index (χ3v) is 3.94. The third-order valence-electron chi connectivity index (χ3n) is 2.74. The predicted molar refractivity (Wildman–Crippen MR) is 84.3 cm³/mol. The molecule has 1 aromatic carbocycles. The molecule has 0 spiro atoms. The first kappa shape index (κ1) is 17.7. The quantitative estimate of drug-likeness (QED) is 0.899. The van der Waals surface area contributed by atoms with Crippen LogP contribution in [0.15, 0.2) is 24.3 Å². The van der Waals surface area contributed by atoms with E-state index in [2.05, 4.69) is 5.32 Å². The van der Waals surface area contributed by atoms with E-state index in [1.54, 1.807) is 0 Å². The Hall–Kier alpha value is -1.40. The van der Waals surface area contributed by atoms with Crippen LogP contribution in [0.5, 0.6) is 0 Å². The largest absolute Gasteiger partial charge is 0.350 e. The molecule has 0 radical (unpaired) electrons. The number of benzene rings is 1. The zero-order valence-corrected chi connectivity index (χ0v) is 14.1. The lowest BCUT2D eigenvalue weighted by atomic mass is 10.1. The van der Waals surface area contributed by atoms with Gasteiger partial charge in [0.2, 0.25) is 15.9 Å². The Morgan fingerprint density at radius 3 is 2.38 bits per heavy atom. The average molecular weight is 312 g/mol. The van der Waals surface area contributed by atoms with Crippen LogP contribution in [-0.4, -0.2) is 37.0 Å². The summed E-state index contributed by atoms with van der Waals surface area (Å²) in [5, 5.41) is 2.77. The van der Waals surface area contributed by atoms with Crippen LogP contribution >= 0.6 is 0 Å². The lowest BCUT2D eigenvalue weighted by Crippen LogP contribution is -2.46. The van der Waals surface area contributed by atoms with E-state index >= 15 is 0 Å². The maximum atomic E-state index is 12.0. The van der Waals surface area contributed by atoms with E-state index in [9.17, 15) is 13.2 Å². The van der Waals surface area contributed by atoms with Gasteiger partial charge in [-0.3, -0.25) is 4.79 Å². The molecule has 0 heterocycles. The van der Waals surface area contributed by atoms with Crippen LogP contribution in [0.2, 0.25) is 0 Å². The van der Waals surface area contributed by atoms with E-state index < -0.39 is 10.0 Å². The molecule has 0 aliphatic carbocycles. The normalized spacial score (nSPS) is 12.5. The van der Waals surface area contributed by atoms with Crippen molar-refractivity contribution in [3.05, 3.63) is 35.4 Å². The number of rotatable bonds is 5. The fraction of sp³-hybridized carbons (Fsp3) is 0.533. The highest BCUT2D eigenvalue weighted by atomic mass is 32.2. The first-order valence-corrected chi connectivity index (χ1v) is 8.64. The van der Waals surface area contributed by atoms with Crippen molar-refractivity contribution in [3.8, 4) is 0 Å². The van der Waals surface area contributed by atoms with Crippen LogP contribution in [0.4, 0.5) is 0 Å². The minimum Gasteiger partial charge on any atom is -0.350 e. The number of carbonyl (C=O) groups excluding carboxylic acids is 1. The molecule has 6 heteroatoms. The molecule has 0 saturated heterocycles. The number of nitrogens with zero attached hydrogens (tertiary/aromatic N) is 1. The molecule has 5 nitrogen and oxygen atoms in total. The Balaban J connectivity index is 2.86. The summed E-state index contributed by atoms with van der Waals surface area (Å²) in [5.41, 5.74) is 1.54. The molecular weight excluding hydrogens is 288 g/mol. The van der Waals surface area contributed by atoms with Gasteiger partial charge in [0.05, 0.1) is 12.8 Å². The Morgan fingerprint density at radius 2 is 1.90 bits per heavy atom. The number of nitrogens with one attached hydrogen (secondary N) is 1. The topological polar surface area (TPSA) is 66.5 Å². The van der Waals surface area contributed by atoms with Crippen molar-refractivity contribution in [1.82, 2.24) is 9.62 Å². The van der Waals surface area contributed by atoms with Crippen LogP contribution in [0.3, 0.4) is 0 Å². The fourth-order valence-corrected chi connectivity index (χ4v) is 2.66. The monoisotopic (exact) mass is 312 g/mol. The van der Waals surface area contributed by atoms with Gasteiger partial charge in [-0.25, -0.2) is 8.42 Å². The molecule has 1 amide bonds. The molecule has 1 N–H and O–H groups in total. The van der Waals surface area contributed by atoms with E-state index in [0.717, 1.165) is 17.4 Å². The highest BCUT2D eigenvalue weighted by Gasteiger charge is 2.22. The summed E-state index contributed by atoms with van der Waals surface area (Å²) in [7, 11) is -3.45. The van der Waals surface area contributed by atoms with Gasteiger partial charge in [-0.05, 0) is 33.3 Å². The minimum absolute atomic E-state index is 0.177. The van der Waals surface area contributed by atoms with Gasteiger partial charge < -0.3 is 5.32 Å². The summed E-state index contributed by atoms with van der Waals surface area (Å²) in [6, 6.07) is 7.59. The molecule has 0 bridgehead atoms. The van der Waals surface area contributed by atoms with Crippen LogP contribution < -0.4 is 5.32 Å². The van der Waals surface area contributed by atoms with Crippen LogP contribution in [0.1, 0.15) is 31.9 Å². The SMILES string of the molecule is Cc1cccc(CN(CC(=O)NC(C)(C)C)S(C)(=O)=O)c1. The van der Waals surface area contributed by atoms with E-state index in [0.29, 0.717) is 0 Å². The molecular formula is C15H24N2O3S. The lowest BCUT2D eigenvalue weighted by molar-refractivity contribution is -0.122. The molecule has 118 valence electrons. The number of aryl methyl sites for hydroxylation is 1. The van der Waals surface area contributed by atoms with Crippen molar-refractivity contribution in [3.63, 3.8) is 0 Å². The van der Waals surface area contributed by atoms with Crippen LogP contribution in [0.25, 0.3) is 0 Å². The van der Waals surface area contributed by atoms with E-state index in [1.807, 2.05) is 52.0 Å². The van der Waals surface area contributed by atoms with Crippen molar-refractivity contribution in [2.45, 2.75) is 39.8 Å². The maximum Gasteiger partial charge on any atom is 0.235 e. The van der Waals surface area contributed by atoms with Crippen molar-refractivity contribution in [2.75, 3.05) is 12.8 Å². The summed E-state index contributed by atoms with van der Waals surface area (Å²) in [6.07, 6.45) is 1.12. The smallest absolute Gasteiger partial charge is 0.235 e. The third kappa shape index (κ3) is 6.73. The molecule has 0 fully saturated rings. The van der Waals surface area contributed by atoms with Gasteiger partial charge in [0.25, 0.3) is 0 Å². The Morgan fingerprint density at radius 1 is 1.29 bits per heavy atom. The molecule has 0 atom stereocenters. The van der Waals surface area contributed by atoms with Crippen LogP contribution in [0, 0.1) is 6.92 Å². The zero-order valence-electron chi connectivity index (χ0n) is 13.3. The van der Waals surface area contributed by atoms with Gasteiger partial charge >= 0.3 is 0 Å². The second-order valence-electron chi connectivity index (χ2n) is 6.32. The van der Waals surface area contributed by atoms with Gasteiger partial charge in [0, 0.05) is 12.1 Å². The summed E-state index contributed by atoms with van der Waals surface area (Å²) >= 11 is 0.